The lowest BCUT2D eigenvalue weighted by Crippen LogP contribution is -2.43. The number of hydrogen-bond donors (Lipinski definition) is 0. The summed E-state index contributed by atoms with van der Waals surface area (Å²) in [6.45, 7) is 5.43. The van der Waals surface area contributed by atoms with Gasteiger partial charge < -0.3 is 4.90 Å². The summed E-state index contributed by atoms with van der Waals surface area (Å²) in [5.74, 6) is -1.57. The Balaban J connectivity index is 2.05. The van der Waals surface area contributed by atoms with Crippen LogP contribution >= 0.6 is 0 Å². The highest BCUT2D eigenvalue weighted by Gasteiger charge is 2.65. The summed E-state index contributed by atoms with van der Waals surface area (Å²) >= 11 is 0. The van der Waals surface area contributed by atoms with Crippen LogP contribution in [0.5, 0.6) is 0 Å². The fourth-order valence-electron chi connectivity index (χ4n) is 4.81. The van der Waals surface area contributed by atoms with Gasteiger partial charge in [0.25, 0.3) is 0 Å². The lowest BCUT2D eigenvalue weighted by Gasteiger charge is -2.36. The average Bonchev–Trinajstić information content (AvgIpc) is 3.03. The largest absolute Gasteiger partial charge is 0.357 e. The van der Waals surface area contributed by atoms with E-state index < -0.39 is 34.6 Å². The highest BCUT2D eigenvalue weighted by atomic mass is 19.1. The number of rotatable bonds is 2. The smallest absolute Gasteiger partial charge is 0.177 e. The molecule has 4 nitrogen and oxygen atoms in total. The third-order valence-corrected chi connectivity index (χ3v) is 6.19. The Bertz CT molecular complexity index is 1120. The first kappa shape index (κ1) is 19.9. The maximum atomic E-state index is 15.0. The second-order valence-corrected chi connectivity index (χ2v) is 8.95. The number of halogens is 1. The van der Waals surface area contributed by atoms with Gasteiger partial charge >= 0.3 is 0 Å². The second-order valence-electron chi connectivity index (χ2n) is 8.95. The Morgan fingerprint density at radius 2 is 1.63 bits per heavy atom. The molecule has 3 atom stereocenters. The number of benzene rings is 2. The van der Waals surface area contributed by atoms with E-state index in [2.05, 4.69) is 12.1 Å². The van der Waals surface area contributed by atoms with Crippen LogP contribution in [-0.2, 0) is 4.79 Å². The normalized spacial score (nSPS) is 23.8. The summed E-state index contributed by atoms with van der Waals surface area (Å²) in [6.07, 6.45) is 3.67. The Morgan fingerprint density at radius 1 is 1.03 bits per heavy atom. The van der Waals surface area contributed by atoms with Gasteiger partial charge in [-0.25, -0.2) is 4.39 Å². The first-order valence-electron chi connectivity index (χ1n) is 9.92. The lowest BCUT2D eigenvalue weighted by atomic mass is 9.66. The predicted molar refractivity (Wildman–Crippen MR) is 111 cm³/mol. The quantitative estimate of drug-likeness (QED) is 0.715. The van der Waals surface area contributed by atoms with Gasteiger partial charge in [-0.05, 0) is 28.8 Å². The number of Topliss-reactive ketones (excluding diaryl/α,β-unsaturated/α-hetero) is 1. The van der Waals surface area contributed by atoms with Crippen LogP contribution in [-0.4, -0.2) is 16.7 Å². The standard InChI is InChI=1S/C25H22FN3O/c1-24(2,3)23(30)21-20(18-10-6-7-11-19(18)26)25(14-27,15-28)22-17-9-5-4-8-16(17)12-13-29(21)22/h4-13,20-22H,1-3H3/t20-,21+,22+/m1/s1. The first-order valence-corrected chi connectivity index (χ1v) is 9.92. The molecule has 0 N–H and O–H groups in total. The maximum absolute atomic E-state index is 15.0. The molecule has 1 fully saturated rings. The summed E-state index contributed by atoms with van der Waals surface area (Å²) < 4.78 is 15.0. The van der Waals surface area contributed by atoms with E-state index in [0.29, 0.717) is 0 Å². The maximum Gasteiger partial charge on any atom is 0.177 e. The molecule has 5 heteroatoms. The number of ketones is 1. The summed E-state index contributed by atoms with van der Waals surface area (Å²) in [7, 11) is 0. The SMILES string of the molecule is CC(C)(C)C(=O)[C@@H]1[C@@H](c2ccccc2F)C(C#N)(C#N)[C@@H]2c3ccccc3C=CN12. The molecule has 2 aromatic carbocycles. The molecular formula is C25H22FN3O. The minimum absolute atomic E-state index is 0.128. The molecule has 30 heavy (non-hydrogen) atoms. The number of nitriles is 2. The van der Waals surface area contributed by atoms with Crippen molar-refractivity contribution in [2.24, 2.45) is 10.8 Å². The zero-order chi connectivity index (χ0) is 21.7. The van der Waals surface area contributed by atoms with Crippen LogP contribution in [0.25, 0.3) is 6.08 Å². The topological polar surface area (TPSA) is 67.9 Å². The molecular weight excluding hydrogens is 377 g/mol. The van der Waals surface area contributed by atoms with Gasteiger partial charge in [-0.2, -0.15) is 10.5 Å². The van der Waals surface area contributed by atoms with Crippen LogP contribution in [0.1, 0.15) is 49.4 Å². The summed E-state index contributed by atoms with van der Waals surface area (Å²) in [5.41, 5.74) is -0.444. The molecule has 1 saturated heterocycles. The van der Waals surface area contributed by atoms with Crippen LogP contribution < -0.4 is 0 Å². The van der Waals surface area contributed by atoms with Crippen molar-refractivity contribution in [1.82, 2.24) is 4.90 Å². The Hall–Kier alpha value is -3.44. The van der Waals surface area contributed by atoms with Gasteiger partial charge in [0.2, 0.25) is 0 Å². The van der Waals surface area contributed by atoms with Crippen molar-refractivity contribution in [3.8, 4) is 12.1 Å². The van der Waals surface area contributed by atoms with Crippen LogP contribution in [0.4, 0.5) is 4.39 Å². The van der Waals surface area contributed by atoms with Crippen molar-refractivity contribution in [1.29, 1.82) is 10.5 Å². The van der Waals surface area contributed by atoms with Gasteiger partial charge in [0, 0.05) is 17.5 Å². The molecule has 0 aromatic heterocycles. The van der Waals surface area contributed by atoms with Crippen molar-refractivity contribution in [3.63, 3.8) is 0 Å². The summed E-state index contributed by atoms with van der Waals surface area (Å²) in [6, 6.07) is 16.6. The van der Waals surface area contributed by atoms with Crippen LogP contribution in [0.3, 0.4) is 0 Å². The number of nitrogens with zero attached hydrogens (tertiary/aromatic N) is 3. The molecule has 2 aliphatic heterocycles. The molecule has 2 heterocycles. The third-order valence-electron chi connectivity index (χ3n) is 6.19. The van der Waals surface area contributed by atoms with E-state index in [1.54, 1.807) is 29.3 Å². The Labute approximate surface area is 175 Å². The van der Waals surface area contributed by atoms with Crippen molar-refractivity contribution < 1.29 is 9.18 Å². The fourth-order valence-corrected chi connectivity index (χ4v) is 4.81. The number of carbonyl (C=O) groups is 1. The molecule has 0 unspecified atom stereocenters. The molecule has 0 radical (unpaired) electrons. The van der Waals surface area contributed by atoms with Crippen molar-refractivity contribution in [2.45, 2.75) is 38.8 Å². The highest BCUT2D eigenvalue weighted by Crippen LogP contribution is 2.60. The van der Waals surface area contributed by atoms with E-state index >= 15 is 0 Å². The van der Waals surface area contributed by atoms with E-state index in [1.165, 1.54) is 6.07 Å². The van der Waals surface area contributed by atoms with Crippen molar-refractivity contribution in [2.75, 3.05) is 0 Å². The molecule has 0 aliphatic carbocycles. The monoisotopic (exact) mass is 399 g/mol. The van der Waals surface area contributed by atoms with Crippen molar-refractivity contribution >= 4 is 11.9 Å². The Morgan fingerprint density at radius 3 is 2.23 bits per heavy atom. The van der Waals surface area contributed by atoms with Crippen LogP contribution in [0, 0.1) is 39.3 Å². The molecule has 0 saturated carbocycles. The molecule has 0 spiro atoms. The molecule has 2 aromatic rings. The number of hydrogen-bond acceptors (Lipinski definition) is 4. The number of fused-ring (bicyclic) bond motifs is 3. The zero-order valence-corrected chi connectivity index (χ0v) is 17.1. The molecule has 0 bridgehead atoms. The van der Waals surface area contributed by atoms with Gasteiger partial charge in [0.1, 0.15) is 5.82 Å². The third kappa shape index (κ3) is 2.66. The number of carbonyl (C=O) groups excluding carboxylic acids is 1. The van der Waals surface area contributed by atoms with E-state index in [1.807, 2.05) is 51.1 Å². The summed E-state index contributed by atoms with van der Waals surface area (Å²) in [5, 5.41) is 20.7. The zero-order valence-electron chi connectivity index (χ0n) is 17.1. The molecule has 4 rings (SSSR count). The minimum atomic E-state index is -1.63. The highest BCUT2D eigenvalue weighted by molar-refractivity contribution is 5.91. The van der Waals surface area contributed by atoms with Crippen molar-refractivity contribution in [3.05, 3.63) is 77.2 Å². The molecule has 0 amide bonds. The Kier molecular flexibility index (Phi) is 4.51. The van der Waals surface area contributed by atoms with Gasteiger partial charge in [-0.15, -0.1) is 0 Å². The van der Waals surface area contributed by atoms with E-state index in [9.17, 15) is 19.7 Å². The molecule has 2 aliphatic rings. The molecule has 150 valence electrons. The fraction of sp³-hybridized carbons (Fsp3) is 0.320. The second kappa shape index (κ2) is 6.82. The predicted octanol–water partition coefficient (Wildman–Crippen LogP) is 4.97. The lowest BCUT2D eigenvalue weighted by molar-refractivity contribution is -0.130. The first-order chi connectivity index (χ1) is 14.3. The van der Waals surface area contributed by atoms with E-state index in [-0.39, 0.29) is 11.3 Å². The summed E-state index contributed by atoms with van der Waals surface area (Å²) in [4.78, 5) is 15.4. The van der Waals surface area contributed by atoms with Gasteiger partial charge in [0.15, 0.2) is 11.2 Å². The average molecular weight is 399 g/mol. The van der Waals surface area contributed by atoms with E-state index in [4.69, 9.17) is 0 Å². The van der Waals surface area contributed by atoms with Gasteiger partial charge in [0.05, 0.1) is 24.2 Å². The van der Waals surface area contributed by atoms with E-state index in [0.717, 1.165) is 11.1 Å². The minimum Gasteiger partial charge on any atom is -0.357 e. The van der Waals surface area contributed by atoms with Gasteiger partial charge in [-0.1, -0.05) is 63.2 Å². The van der Waals surface area contributed by atoms with Crippen LogP contribution in [0.15, 0.2) is 54.7 Å². The van der Waals surface area contributed by atoms with Crippen LogP contribution in [0.2, 0.25) is 0 Å². The van der Waals surface area contributed by atoms with Gasteiger partial charge in [-0.3, -0.25) is 4.79 Å².